The molecule has 0 bridgehead atoms. The van der Waals surface area contributed by atoms with Crippen LogP contribution in [-0.2, 0) is 0 Å². The maximum absolute atomic E-state index is 12.8. The van der Waals surface area contributed by atoms with E-state index in [-0.39, 0.29) is 16.8 Å². The van der Waals surface area contributed by atoms with Crippen LogP contribution in [0.2, 0.25) is 0 Å². The van der Waals surface area contributed by atoms with Gasteiger partial charge in [-0.25, -0.2) is 0 Å². The number of benzene rings is 2. The number of halogens is 1. The van der Waals surface area contributed by atoms with Crippen LogP contribution >= 0.6 is 28.1 Å². The molecule has 9 heteroatoms. The van der Waals surface area contributed by atoms with Gasteiger partial charge in [-0.2, -0.15) is 0 Å². The Morgan fingerprint density at radius 1 is 1.03 bits per heavy atom. The maximum Gasteiger partial charge on any atom is 0.291 e. The summed E-state index contributed by atoms with van der Waals surface area (Å²) in [7, 11) is 0. The van der Waals surface area contributed by atoms with Crippen LogP contribution < -0.4 is 20.7 Å². The third-order valence-electron chi connectivity index (χ3n) is 4.29. The number of unbranched alkanes of at least 4 members (excludes halogenated alkanes) is 1. The molecule has 0 fully saturated rings. The van der Waals surface area contributed by atoms with Crippen molar-refractivity contribution in [3.8, 4) is 5.75 Å². The van der Waals surface area contributed by atoms with Crippen molar-refractivity contribution >= 4 is 56.4 Å². The van der Waals surface area contributed by atoms with E-state index in [0.29, 0.717) is 29.3 Å². The number of furan rings is 1. The molecule has 0 aliphatic carbocycles. The lowest BCUT2D eigenvalue weighted by Crippen LogP contribution is -2.34. The second kappa shape index (κ2) is 11.4. The lowest BCUT2D eigenvalue weighted by molar-refractivity contribution is 0.0971. The first kappa shape index (κ1) is 23.5. The van der Waals surface area contributed by atoms with Crippen molar-refractivity contribution in [2.24, 2.45) is 0 Å². The predicted molar refractivity (Wildman–Crippen MR) is 131 cm³/mol. The fraction of sp³-hybridized carbons (Fsp3) is 0.174. The molecule has 1 heterocycles. The van der Waals surface area contributed by atoms with E-state index in [1.54, 1.807) is 48.5 Å². The highest BCUT2D eigenvalue weighted by atomic mass is 79.9. The van der Waals surface area contributed by atoms with Crippen LogP contribution in [0.3, 0.4) is 0 Å². The highest BCUT2D eigenvalue weighted by Gasteiger charge is 2.15. The van der Waals surface area contributed by atoms with Crippen molar-refractivity contribution in [2.75, 3.05) is 17.2 Å². The van der Waals surface area contributed by atoms with Crippen LogP contribution in [0.4, 0.5) is 11.4 Å². The third-order valence-corrected chi connectivity index (χ3v) is 4.99. The highest BCUT2D eigenvalue weighted by Crippen LogP contribution is 2.24. The van der Waals surface area contributed by atoms with Gasteiger partial charge in [-0.15, -0.1) is 0 Å². The van der Waals surface area contributed by atoms with Crippen LogP contribution in [0.15, 0.2) is 69.8 Å². The van der Waals surface area contributed by atoms with Gasteiger partial charge < -0.3 is 19.8 Å². The lowest BCUT2D eigenvalue weighted by Gasteiger charge is -2.14. The number of nitrogens with one attached hydrogen (secondary N) is 3. The summed E-state index contributed by atoms with van der Waals surface area (Å²) in [6.07, 6.45) is 3.32. The van der Waals surface area contributed by atoms with Gasteiger partial charge in [0.25, 0.3) is 11.8 Å². The minimum atomic E-state index is -0.391. The molecule has 2 aromatic carbocycles. The second-order valence-electron chi connectivity index (χ2n) is 6.76. The lowest BCUT2D eigenvalue weighted by atomic mass is 10.2. The molecule has 7 nitrogen and oxygen atoms in total. The topological polar surface area (TPSA) is 92.6 Å². The fourth-order valence-corrected chi connectivity index (χ4v) is 3.31. The monoisotopic (exact) mass is 515 g/mol. The van der Waals surface area contributed by atoms with Gasteiger partial charge in [0.2, 0.25) is 0 Å². The molecule has 0 aliphatic heterocycles. The maximum atomic E-state index is 12.8. The Labute approximate surface area is 199 Å². The Bertz CT molecular complexity index is 1100. The summed E-state index contributed by atoms with van der Waals surface area (Å²) in [4.78, 5) is 24.9. The molecular weight excluding hydrogens is 494 g/mol. The van der Waals surface area contributed by atoms with Crippen molar-refractivity contribution in [2.45, 2.75) is 19.8 Å². The molecule has 32 heavy (non-hydrogen) atoms. The number of rotatable bonds is 8. The standard InChI is InChI=1S/C23H22BrN3O4S/c1-2-3-11-30-19-10-9-15(24)13-18(19)21(28)27-23(32)26-17-7-4-6-16(14-17)25-22(29)20-8-5-12-31-20/h4-10,12-14H,2-3,11H2,1H3,(H,25,29)(H2,26,27,28,32). The smallest absolute Gasteiger partial charge is 0.291 e. The average molecular weight is 516 g/mol. The first-order valence-electron chi connectivity index (χ1n) is 9.96. The Morgan fingerprint density at radius 3 is 2.53 bits per heavy atom. The average Bonchev–Trinajstić information content (AvgIpc) is 3.30. The predicted octanol–water partition coefficient (Wildman–Crippen LogP) is 5.60. The molecule has 3 aromatic rings. The minimum Gasteiger partial charge on any atom is -0.493 e. The van der Waals surface area contributed by atoms with Crippen molar-refractivity contribution in [1.29, 1.82) is 0 Å². The number of anilines is 2. The van der Waals surface area contributed by atoms with Gasteiger partial charge in [-0.1, -0.05) is 35.3 Å². The largest absolute Gasteiger partial charge is 0.493 e. The van der Waals surface area contributed by atoms with E-state index in [2.05, 4.69) is 38.8 Å². The summed E-state index contributed by atoms with van der Waals surface area (Å²) in [5.74, 6) is -0.0624. The molecule has 3 rings (SSSR count). The van der Waals surface area contributed by atoms with Crippen molar-refractivity contribution in [3.63, 3.8) is 0 Å². The Balaban J connectivity index is 1.63. The first-order valence-corrected chi connectivity index (χ1v) is 11.2. The number of carbonyl (C=O) groups excluding carboxylic acids is 2. The summed E-state index contributed by atoms with van der Waals surface area (Å²) in [5, 5.41) is 8.47. The van der Waals surface area contributed by atoms with Crippen LogP contribution in [0, 0.1) is 0 Å². The zero-order chi connectivity index (χ0) is 22.9. The number of carbonyl (C=O) groups is 2. The molecule has 0 atom stereocenters. The molecule has 1 aromatic heterocycles. The molecule has 166 valence electrons. The van der Waals surface area contributed by atoms with Gasteiger partial charge in [-0.05, 0) is 67.2 Å². The zero-order valence-electron chi connectivity index (χ0n) is 17.3. The fourth-order valence-electron chi connectivity index (χ4n) is 2.74. The van der Waals surface area contributed by atoms with E-state index < -0.39 is 5.91 Å². The summed E-state index contributed by atoms with van der Waals surface area (Å²) in [6.45, 7) is 2.59. The molecule has 0 unspecified atom stereocenters. The SMILES string of the molecule is CCCCOc1ccc(Br)cc1C(=O)NC(=S)Nc1cccc(NC(=O)c2ccco2)c1. The van der Waals surface area contributed by atoms with Gasteiger partial charge in [-0.3, -0.25) is 14.9 Å². The molecular formula is C23H22BrN3O4S. The quantitative estimate of drug-likeness (QED) is 0.267. The number of hydrogen-bond donors (Lipinski definition) is 3. The molecule has 0 spiro atoms. The first-order chi connectivity index (χ1) is 15.5. The Kier molecular flexibility index (Phi) is 8.41. The highest BCUT2D eigenvalue weighted by molar-refractivity contribution is 9.10. The van der Waals surface area contributed by atoms with Crippen LogP contribution in [0.5, 0.6) is 5.75 Å². The summed E-state index contributed by atoms with van der Waals surface area (Å²) in [6, 6.07) is 15.4. The van der Waals surface area contributed by atoms with Gasteiger partial charge >= 0.3 is 0 Å². The second-order valence-corrected chi connectivity index (χ2v) is 8.09. The summed E-state index contributed by atoms with van der Waals surface area (Å²) >= 11 is 8.68. The molecule has 0 saturated carbocycles. The van der Waals surface area contributed by atoms with E-state index in [9.17, 15) is 9.59 Å². The molecule has 3 N–H and O–H groups in total. The van der Waals surface area contributed by atoms with Crippen molar-refractivity contribution in [1.82, 2.24) is 5.32 Å². The van der Waals surface area contributed by atoms with E-state index in [1.807, 2.05) is 6.07 Å². The van der Waals surface area contributed by atoms with Crippen molar-refractivity contribution in [3.05, 3.63) is 76.7 Å². The van der Waals surface area contributed by atoms with Crippen LogP contribution in [0.25, 0.3) is 0 Å². The number of hydrogen-bond acceptors (Lipinski definition) is 5. The van der Waals surface area contributed by atoms with Gasteiger partial charge in [0, 0.05) is 15.8 Å². The molecule has 0 saturated heterocycles. The van der Waals surface area contributed by atoms with Crippen LogP contribution in [0.1, 0.15) is 40.7 Å². The van der Waals surface area contributed by atoms with E-state index in [0.717, 1.165) is 17.3 Å². The molecule has 0 aliphatic rings. The normalized spacial score (nSPS) is 10.3. The van der Waals surface area contributed by atoms with E-state index in [4.69, 9.17) is 21.4 Å². The molecule has 2 amide bonds. The van der Waals surface area contributed by atoms with Crippen LogP contribution in [-0.4, -0.2) is 23.5 Å². The van der Waals surface area contributed by atoms with Crippen molar-refractivity contribution < 1.29 is 18.7 Å². The number of ether oxygens (including phenoxy) is 1. The third kappa shape index (κ3) is 6.66. The summed E-state index contributed by atoms with van der Waals surface area (Å²) in [5.41, 5.74) is 1.52. The zero-order valence-corrected chi connectivity index (χ0v) is 19.7. The Morgan fingerprint density at radius 2 is 1.81 bits per heavy atom. The van der Waals surface area contributed by atoms with Gasteiger partial charge in [0.15, 0.2) is 10.9 Å². The number of amides is 2. The Hall–Kier alpha value is -3.17. The van der Waals surface area contributed by atoms with E-state index >= 15 is 0 Å². The molecule has 0 radical (unpaired) electrons. The van der Waals surface area contributed by atoms with Gasteiger partial charge in [0.05, 0.1) is 18.4 Å². The summed E-state index contributed by atoms with van der Waals surface area (Å²) < 4.78 is 11.6. The number of thiocarbonyl (C=S) groups is 1. The van der Waals surface area contributed by atoms with E-state index in [1.165, 1.54) is 6.26 Å². The van der Waals surface area contributed by atoms with Gasteiger partial charge in [0.1, 0.15) is 5.75 Å². The minimum absolute atomic E-state index is 0.115.